The first kappa shape index (κ1) is 34.3. The fourth-order valence-corrected chi connectivity index (χ4v) is 13.4. The molecule has 6 nitrogen and oxygen atoms in total. The van der Waals surface area contributed by atoms with Gasteiger partial charge >= 0.3 is 0 Å². The number of Topliss-reactive ketones (excluding diaryl/α,β-unsaturated/α-hetero) is 1. The number of fused-ring (bicyclic) bond motifs is 5. The third-order valence-corrected chi connectivity index (χ3v) is 16.2. The third kappa shape index (κ3) is 6.07. The van der Waals surface area contributed by atoms with Gasteiger partial charge in [-0.05, 0) is 123 Å². The minimum absolute atomic E-state index is 0.185. The van der Waals surface area contributed by atoms with E-state index in [1.54, 1.807) is 35.6 Å². The van der Waals surface area contributed by atoms with Crippen LogP contribution in [0.5, 0.6) is 0 Å². The standard InChI is InChI=1S/C38H55NO5S2/c1-6-29-33-20-26(40)16-18-38(33,5)32-17-19-37(4)30(14-15-31(37)35(32)36(29)42)23(2)8-7-9-27(41)22-46(43,44)28-12-10-25(11-13-28)34-21-45-24(3)39-34/h10-13,21,23,26,29-33,35-36,40,42H,6-9,14-20,22H2,1-5H3/t23-,26-,29-,30-,31+,32+,33+,35+,36-,37-,38-/m1/s1. The van der Waals surface area contributed by atoms with Gasteiger partial charge in [-0.15, -0.1) is 11.3 Å². The van der Waals surface area contributed by atoms with Crippen LogP contribution < -0.4 is 0 Å². The average molecular weight is 670 g/mol. The number of thiazole rings is 1. The van der Waals surface area contributed by atoms with Crippen LogP contribution in [0.2, 0.25) is 0 Å². The SMILES string of the molecule is CC[C@H]1[C@@H](O)[C@@H]2[C@H](CC[C@]3(C)[C@@H]([C@H](C)CCCC(=O)CS(=O)(=O)c4ccc(-c5csc(C)n5)cc4)CC[C@@H]23)[C@@]2(C)CC[C@@H](O)C[C@@H]12. The smallest absolute Gasteiger partial charge is 0.185 e. The van der Waals surface area contributed by atoms with E-state index in [9.17, 15) is 23.4 Å². The van der Waals surface area contributed by atoms with Crippen molar-refractivity contribution in [2.45, 2.75) is 122 Å². The van der Waals surface area contributed by atoms with Crippen LogP contribution in [-0.2, 0) is 14.6 Å². The van der Waals surface area contributed by atoms with Crippen LogP contribution in [-0.4, -0.2) is 47.4 Å². The van der Waals surface area contributed by atoms with Gasteiger partial charge < -0.3 is 10.2 Å². The highest BCUT2D eigenvalue weighted by atomic mass is 32.2. The molecule has 0 unspecified atom stereocenters. The average Bonchev–Trinajstić information content (AvgIpc) is 3.61. The Balaban J connectivity index is 1.05. The van der Waals surface area contributed by atoms with Gasteiger partial charge in [0.15, 0.2) is 9.84 Å². The number of aliphatic hydroxyl groups is 2. The maximum atomic E-state index is 13.0. The van der Waals surface area contributed by atoms with E-state index in [1.165, 1.54) is 19.3 Å². The Hall–Kier alpha value is -1.61. The zero-order valence-corrected chi connectivity index (χ0v) is 30.1. The molecular weight excluding hydrogens is 615 g/mol. The Morgan fingerprint density at radius 1 is 1.02 bits per heavy atom. The van der Waals surface area contributed by atoms with Crippen molar-refractivity contribution in [3.05, 3.63) is 34.7 Å². The van der Waals surface area contributed by atoms with Crippen LogP contribution in [0.15, 0.2) is 34.5 Å². The monoisotopic (exact) mass is 669 g/mol. The molecule has 0 spiro atoms. The number of aromatic nitrogens is 1. The molecular formula is C38H55NO5S2. The number of nitrogens with zero attached hydrogens (tertiary/aromatic N) is 1. The Bertz CT molecular complexity index is 1500. The zero-order chi connectivity index (χ0) is 33.0. The van der Waals surface area contributed by atoms with Crippen LogP contribution in [0.4, 0.5) is 0 Å². The van der Waals surface area contributed by atoms with Crippen molar-refractivity contribution in [2.24, 2.45) is 52.3 Å². The number of sulfone groups is 1. The fourth-order valence-electron chi connectivity index (χ4n) is 11.5. The highest BCUT2D eigenvalue weighted by Crippen LogP contribution is 2.69. The second kappa shape index (κ2) is 13.0. The minimum Gasteiger partial charge on any atom is -0.393 e. The summed E-state index contributed by atoms with van der Waals surface area (Å²) in [5.74, 6) is 2.41. The van der Waals surface area contributed by atoms with Crippen molar-refractivity contribution in [1.29, 1.82) is 0 Å². The predicted octanol–water partition coefficient (Wildman–Crippen LogP) is 7.89. The molecule has 1 aromatic heterocycles. The van der Waals surface area contributed by atoms with Gasteiger partial charge in [-0.2, -0.15) is 0 Å². The van der Waals surface area contributed by atoms with Gasteiger partial charge in [0.2, 0.25) is 0 Å². The van der Waals surface area contributed by atoms with Gasteiger partial charge in [0.1, 0.15) is 11.5 Å². The molecule has 4 saturated carbocycles. The third-order valence-electron chi connectivity index (χ3n) is 13.7. The van der Waals surface area contributed by atoms with Crippen LogP contribution in [0.25, 0.3) is 11.3 Å². The number of carbonyl (C=O) groups excluding carboxylic acids is 1. The lowest BCUT2D eigenvalue weighted by atomic mass is 9.41. The normalized spacial score (nSPS) is 38.1. The summed E-state index contributed by atoms with van der Waals surface area (Å²) >= 11 is 1.56. The number of hydrogen-bond donors (Lipinski definition) is 2. The molecule has 11 atom stereocenters. The highest BCUT2D eigenvalue weighted by Gasteiger charge is 2.64. The van der Waals surface area contributed by atoms with Gasteiger partial charge in [-0.25, -0.2) is 13.4 Å². The van der Waals surface area contributed by atoms with Gasteiger partial charge in [0.25, 0.3) is 0 Å². The molecule has 8 heteroatoms. The molecule has 1 aromatic carbocycles. The molecule has 254 valence electrons. The second-order valence-corrected chi connectivity index (χ2v) is 19.1. The van der Waals surface area contributed by atoms with Crippen molar-refractivity contribution in [2.75, 3.05) is 5.75 Å². The summed E-state index contributed by atoms with van der Waals surface area (Å²) in [6, 6.07) is 6.71. The van der Waals surface area contributed by atoms with Gasteiger partial charge in [0.05, 0.1) is 27.8 Å². The van der Waals surface area contributed by atoms with Crippen LogP contribution in [0.3, 0.4) is 0 Å². The van der Waals surface area contributed by atoms with Crippen LogP contribution in [0, 0.1) is 59.2 Å². The number of hydrogen-bond acceptors (Lipinski definition) is 7. The largest absolute Gasteiger partial charge is 0.393 e. The maximum Gasteiger partial charge on any atom is 0.185 e. The Morgan fingerprint density at radius 3 is 2.39 bits per heavy atom. The Kier molecular flexibility index (Phi) is 9.70. The zero-order valence-electron chi connectivity index (χ0n) is 28.5. The van der Waals surface area contributed by atoms with E-state index in [-0.39, 0.29) is 39.6 Å². The minimum atomic E-state index is -3.69. The van der Waals surface area contributed by atoms with E-state index in [1.807, 2.05) is 12.3 Å². The molecule has 1 heterocycles. The summed E-state index contributed by atoms with van der Waals surface area (Å²) in [6.45, 7) is 11.5. The number of aryl methyl sites for hydroxylation is 1. The molecule has 4 aliphatic rings. The predicted molar refractivity (Wildman–Crippen MR) is 184 cm³/mol. The van der Waals surface area contributed by atoms with E-state index in [2.05, 4.69) is 32.7 Å². The summed E-state index contributed by atoms with van der Waals surface area (Å²) in [5, 5.41) is 25.5. The van der Waals surface area contributed by atoms with Gasteiger partial charge in [-0.3, -0.25) is 4.79 Å². The first-order valence-electron chi connectivity index (χ1n) is 17.9. The lowest BCUT2D eigenvalue weighted by Gasteiger charge is -2.64. The van der Waals surface area contributed by atoms with Crippen molar-refractivity contribution >= 4 is 27.0 Å². The summed E-state index contributed by atoms with van der Waals surface area (Å²) in [4.78, 5) is 17.6. The maximum absolute atomic E-state index is 13.0. The molecule has 0 bridgehead atoms. The molecule has 0 saturated heterocycles. The molecule has 4 aliphatic carbocycles. The van der Waals surface area contributed by atoms with E-state index in [0.29, 0.717) is 48.3 Å². The molecule has 6 rings (SSSR count). The summed E-state index contributed by atoms with van der Waals surface area (Å²) < 4.78 is 26.1. The molecule has 2 N–H and O–H groups in total. The van der Waals surface area contributed by atoms with Crippen molar-refractivity contribution in [1.82, 2.24) is 4.98 Å². The first-order valence-corrected chi connectivity index (χ1v) is 20.4. The lowest BCUT2D eigenvalue weighted by Crippen LogP contribution is -2.62. The highest BCUT2D eigenvalue weighted by molar-refractivity contribution is 7.92. The van der Waals surface area contributed by atoms with E-state index >= 15 is 0 Å². The van der Waals surface area contributed by atoms with E-state index in [4.69, 9.17) is 0 Å². The van der Waals surface area contributed by atoms with Crippen molar-refractivity contribution < 1.29 is 23.4 Å². The molecule has 4 fully saturated rings. The lowest BCUT2D eigenvalue weighted by molar-refractivity contribution is -0.203. The number of ketones is 1. The number of benzene rings is 1. The summed E-state index contributed by atoms with van der Waals surface area (Å²) in [7, 11) is -3.69. The van der Waals surface area contributed by atoms with E-state index < -0.39 is 15.6 Å². The second-order valence-electron chi connectivity index (χ2n) is 16.1. The molecule has 2 aromatic rings. The number of carbonyl (C=O) groups is 1. The van der Waals surface area contributed by atoms with Gasteiger partial charge in [-0.1, -0.05) is 52.7 Å². The first-order chi connectivity index (χ1) is 21.8. The number of aliphatic hydroxyl groups excluding tert-OH is 2. The van der Waals surface area contributed by atoms with Crippen LogP contribution >= 0.6 is 11.3 Å². The molecule has 0 radical (unpaired) electrons. The topological polar surface area (TPSA) is 105 Å². The van der Waals surface area contributed by atoms with Crippen molar-refractivity contribution in [3.8, 4) is 11.3 Å². The summed E-state index contributed by atoms with van der Waals surface area (Å²) in [6.07, 6.45) is 9.90. The molecule has 0 amide bonds. The molecule has 46 heavy (non-hydrogen) atoms. The quantitative estimate of drug-likeness (QED) is 0.267. The van der Waals surface area contributed by atoms with Crippen LogP contribution in [0.1, 0.15) is 103 Å². The van der Waals surface area contributed by atoms with Crippen molar-refractivity contribution in [3.63, 3.8) is 0 Å². The number of rotatable bonds is 10. The van der Waals surface area contributed by atoms with Gasteiger partial charge in [0, 0.05) is 17.4 Å². The Labute approximate surface area is 280 Å². The van der Waals surface area contributed by atoms with E-state index in [0.717, 1.165) is 54.8 Å². The molecule has 0 aliphatic heterocycles. The Morgan fingerprint density at radius 2 is 1.72 bits per heavy atom. The summed E-state index contributed by atoms with van der Waals surface area (Å²) in [5.41, 5.74) is 2.10. The fraction of sp³-hybridized carbons (Fsp3) is 0.737.